The molecular formula is C20H23FN2O3. The first kappa shape index (κ1) is 18.2. The van der Waals surface area contributed by atoms with E-state index >= 15 is 0 Å². The quantitative estimate of drug-likeness (QED) is 0.857. The molecule has 1 fully saturated rings. The summed E-state index contributed by atoms with van der Waals surface area (Å²) >= 11 is 0. The van der Waals surface area contributed by atoms with E-state index < -0.39 is 0 Å². The molecule has 0 bridgehead atoms. The molecule has 5 nitrogen and oxygen atoms in total. The number of rotatable bonds is 6. The Bertz CT molecular complexity index is 781. The molecule has 1 aliphatic rings. The van der Waals surface area contributed by atoms with Crippen molar-refractivity contribution in [3.05, 3.63) is 53.8 Å². The molecule has 138 valence electrons. The van der Waals surface area contributed by atoms with Gasteiger partial charge in [0.25, 0.3) is 0 Å². The van der Waals surface area contributed by atoms with Gasteiger partial charge in [-0.2, -0.15) is 0 Å². The van der Waals surface area contributed by atoms with E-state index in [1.54, 1.807) is 26.4 Å². The molecule has 2 aromatic carbocycles. The van der Waals surface area contributed by atoms with Gasteiger partial charge in [0.2, 0.25) is 5.91 Å². The molecule has 6 heteroatoms. The monoisotopic (exact) mass is 358 g/mol. The van der Waals surface area contributed by atoms with E-state index in [1.807, 2.05) is 18.2 Å². The molecule has 0 aromatic heterocycles. The standard InChI is InChI=1S/C20H23FN2O3/c1-25-16-8-9-17(19(12-16)26-2)18-7-4-10-23(18)13-20(24)22-15-6-3-5-14(21)11-15/h3,5-6,8-9,11-12,18H,4,7,10,13H2,1-2H3,(H,22,24). The molecular weight excluding hydrogens is 335 g/mol. The number of hydrogen-bond acceptors (Lipinski definition) is 4. The molecule has 26 heavy (non-hydrogen) atoms. The molecule has 2 aromatic rings. The lowest BCUT2D eigenvalue weighted by atomic mass is 10.0. The Kier molecular flexibility index (Phi) is 5.73. The van der Waals surface area contributed by atoms with Gasteiger partial charge >= 0.3 is 0 Å². The van der Waals surface area contributed by atoms with Gasteiger partial charge in [0.05, 0.1) is 20.8 Å². The number of methoxy groups -OCH3 is 2. The lowest BCUT2D eigenvalue weighted by molar-refractivity contribution is -0.117. The van der Waals surface area contributed by atoms with Crippen LogP contribution in [0.25, 0.3) is 0 Å². The molecule has 1 unspecified atom stereocenters. The molecule has 1 N–H and O–H groups in total. The van der Waals surface area contributed by atoms with Crippen LogP contribution in [0, 0.1) is 5.82 Å². The van der Waals surface area contributed by atoms with Gasteiger partial charge in [-0.05, 0) is 43.7 Å². The lowest BCUT2D eigenvalue weighted by Crippen LogP contribution is -2.33. The number of ether oxygens (including phenoxy) is 2. The fraction of sp³-hybridized carbons (Fsp3) is 0.350. The fourth-order valence-corrected chi connectivity index (χ4v) is 3.41. The second kappa shape index (κ2) is 8.19. The van der Waals surface area contributed by atoms with Crippen LogP contribution in [0.1, 0.15) is 24.4 Å². The van der Waals surface area contributed by atoms with Crippen LogP contribution in [-0.4, -0.2) is 38.1 Å². The number of anilines is 1. The fourth-order valence-electron chi connectivity index (χ4n) is 3.41. The minimum atomic E-state index is -0.371. The van der Waals surface area contributed by atoms with E-state index in [0.717, 1.165) is 36.4 Å². The number of likely N-dealkylation sites (tertiary alicyclic amines) is 1. The van der Waals surface area contributed by atoms with Crippen LogP contribution in [0.5, 0.6) is 11.5 Å². The predicted octanol–water partition coefficient (Wildman–Crippen LogP) is 3.62. The summed E-state index contributed by atoms with van der Waals surface area (Å²) < 4.78 is 24.0. The molecule has 1 saturated heterocycles. The SMILES string of the molecule is COc1ccc(C2CCCN2CC(=O)Nc2cccc(F)c2)c(OC)c1. The second-order valence-electron chi connectivity index (χ2n) is 6.29. The van der Waals surface area contributed by atoms with E-state index in [0.29, 0.717) is 5.69 Å². The van der Waals surface area contributed by atoms with Crippen molar-refractivity contribution in [2.75, 3.05) is 32.6 Å². The van der Waals surface area contributed by atoms with E-state index in [2.05, 4.69) is 10.2 Å². The zero-order chi connectivity index (χ0) is 18.5. The highest BCUT2D eigenvalue weighted by Crippen LogP contribution is 2.38. The summed E-state index contributed by atoms with van der Waals surface area (Å²) in [5.74, 6) is 0.963. The lowest BCUT2D eigenvalue weighted by Gasteiger charge is -2.25. The summed E-state index contributed by atoms with van der Waals surface area (Å²) in [6.45, 7) is 1.08. The Hall–Kier alpha value is -2.60. The van der Waals surface area contributed by atoms with Gasteiger partial charge in [-0.3, -0.25) is 9.69 Å². The molecule has 0 saturated carbocycles. The molecule has 3 rings (SSSR count). The number of carbonyl (C=O) groups excluding carboxylic acids is 1. The highest BCUT2D eigenvalue weighted by molar-refractivity contribution is 5.92. The van der Waals surface area contributed by atoms with Crippen LogP contribution in [0.4, 0.5) is 10.1 Å². The minimum Gasteiger partial charge on any atom is -0.497 e. The maximum absolute atomic E-state index is 13.3. The Labute approximate surface area is 152 Å². The summed E-state index contributed by atoms with van der Waals surface area (Å²) in [5.41, 5.74) is 1.51. The zero-order valence-corrected chi connectivity index (χ0v) is 15.0. The van der Waals surface area contributed by atoms with Gasteiger partial charge in [-0.1, -0.05) is 12.1 Å². The first-order chi connectivity index (χ1) is 12.6. The van der Waals surface area contributed by atoms with Gasteiger partial charge in [0.1, 0.15) is 17.3 Å². The summed E-state index contributed by atoms with van der Waals surface area (Å²) in [6, 6.07) is 11.8. The van der Waals surface area contributed by atoms with E-state index in [9.17, 15) is 9.18 Å². The van der Waals surface area contributed by atoms with Crippen molar-refractivity contribution in [3.63, 3.8) is 0 Å². The molecule has 1 heterocycles. The van der Waals surface area contributed by atoms with Gasteiger partial charge in [0.15, 0.2) is 0 Å². The Morgan fingerprint density at radius 1 is 1.23 bits per heavy atom. The van der Waals surface area contributed by atoms with Crippen LogP contribution >= 0.6 is 0 Å². The first-order valence-electron chi connectivity index (χ1n) is 8.62. The van der Waals surface area contributed by atoms with Crippen LogP contribution < -0.4 is 14.8 Å². The van der Waals surface area contributed by atoms with Crippen LogP contribution in [-0.2, 0) is 4.79 Å². The maximum atomic E-state index is 13.3. The molecule has 0 radical (unpaired) electrons. The smallest absolute Gasteiger partial charge is 0.238 e. The average Bonchev–Trinajstić information content (AvgIpc) is 3.08. The van der Waals surface area contributed by atoms with Crippen molar-refractivity contribution >= 4 is 11.6 Å². The van der Waals surface area contributed by atoms with Crippen molar-refractivity contribution in [3.8, 4) is 11.5 Å². The van der Waals surface area contributed by atoms with Gasteiger partial charge in [0, 0.05) is 23.4 Å². The maximum Gasteiger partial charge on any atom is 0.238 e. The molecule has 1 atom stereocenters. The summed E-state index contributed by atoms with van der Waals surface area (Å²) in [6.07, 6.45) is 1.96. The summed E-state index contributed by atoms with van der Waals surface area (Å²) in [7, 11) is 3.25. The van der Waals surface area contributed by atoms with Gasteiger partial charge in [-0.25, -0.2) is 4.39 Å². The van der Waals surface area contributed by atoms with E-state index in [1.165, 1.54) is 12.1 Å². The van der Waals surface area contributed by atoms with Crippen LogP contribution in [0.15, 0.2) is 42.5 Å². The zero-order valence-electron chi connectivity index (χ0n) is 15.0. The Morgan fingerprint density at radius 3 is 2.81 bits per heavy atom. The normalized spacial score (nSPS) is 17.1. The average molecular weight is 358 g/mol. The number of amides is 1. The van der Waals surface area contributed by atoms with E-state index in [4.69, 9.17) is 9.47 Å². The number of nitrogens with zero attached hydrogens (tertiary/aromatic N) is 1. The molecule has 0 aliphatic carbocycles. The Balaban J connectivity index is 1.71. The number of hydrogen-bond donors (Lipinski definition) is 1. The van der Waals surface area contributed by atoms with Crippen molar-refractivity contribution in [1.82, 2.24) is 4.90 Å². The van der Waals surface area contributed by atoms with Crippen molar-refractivity contribution < 1.29 is 18.7 Å². The highest BCUT2D eigenvalue weighted by atomic mass is 19.1. The molecule has 1 amide bonds. The highest BCUT2D eigenvalue weighted by Gasteiger charge is 2.29. The summed E-state index contributed by atoms with van der Waals surface area (Å²) in [4.78, 5) is 14.5. The van der Waals surface area contributed by atoms with Crippen LogP contribution in [0.3, 0.4) is 0 Å². The van der Waals surface area contributed by atoms with Crippen molar-refractivity contribution in [1.29, 1.82) is 0 Å². The summed E-state index contributed by atoms with van der Waals surface area (Å²) in [5, 5.41) is 2.76. The molecule has 0 spiro atoms. The number of benzene rings is 2. The number of halogens is 1. The third-order valence-electron chi connectivity index (χ3n) is 4.62. The third kappa shape index (κ3) is 4.14. The van der Waals surface area contributed by atoms with Crippen molar-refractivity contribution in [2.45, 2.75) is 18.9 Å². The third-order valence-corrected chi connectivity index (χ3v) is 4.62. The van der Waals surface area contributed by atoms with Crippen LogP contribution in [0.2, 0.25) is 0 Å². The van der Waals surface area contributed by atoms with Crippen molar-refractivity contribution in [2.24, 2.45) is 0 Å². The first-order valence-corrected chi connectivity index (χ1v) is 8.62. The predicted molar refractivity (Wildman–Crippen MR) is 98.1 cm³/mol. The van der Waals surface area contributed by atoms with Gasteiger partial charge in [-0.15, -0.1) is 0 Å². The Morgan fingerprint density at radius 2 is 2.08 bits per heavy atom. The number of carbonyl (C=O) groups is 1. The largest absolute Gasteiger partial charge is 0.497 e. The number of nitrogens with one attached hydrogen (secondary N) is 1. The minimum absolute atomic E-state index is 0.106. The van der Waals surface area contributed by atoms with Gasteiger partial charge < -0.3 is 14.8 Å². The second-order valence-corrected chi connectivity index (χ2v) is 6.29. The molecule has 1 aliphatic heterocycles. The van der Waals surface area contributed by atoms with E-state index in [-0.39, 0.29) is 24.3 Å². The topological polar surface area (TPSA) is 50.8 Å².